The lowest BCUT2D eigenvalue weighted by Gasteiger charge is -2.25. The molecule has 2 aromatic carbocycles. The number of aromatic amines is 1. The normalized spacial score (nSPS) is 13.9. The number of rotatable bonds is 14. The molecule has 212 valence electrons. The quantitative estimate of drug-likeness (QED) is 0.147. The van der Waals surface area contributed by atoms with Crippen LogP contribution in [-0.4, -0.2) is 63.9 Å². The van der Waals surface area contributed by atoms with Gasteiger partial charge in [0.25, 0.3) is 0 Å². The van der Waals surface area contributed by atoms with Crippen molar-refractivity contribution in [2.75, 3.05) is 0 Å². The van der Waals surface area contributed by atoms with Gasteiger partial charge in [0.15, 0.2) is 0 Å². The molecule has 0 spiro atoms. The third kappa shape index (κ3) is 8.40. The van der Waals surface area contributed by atoms with Crippen LogP contribution in [0.4, 0.5) is 0 Å². The van der Waals surface area contributed by atoms with E-state index in [1.54, 1.807) is 36.5 Å². The summed E-state index contributed by atoms with van der Waals surface area (Å²) in [7, 11) is 0. The minimum Gasteiger partial charge on any atom is -0.480 e. The molecule has 4 unspecified atom stereocenters. The fourth-order valence-electron chi connectivity index (χ4n) is 4.18. The minimum atomic E-state index is -1.29. The van der Waals surface area contributed by atoms with Crippen LogP contribution in [0.5, 0.6) is 0 Å². The van der Waals surface area contributed by atoms with E-state index in [9.17, 15) is 29.1 Å². The van der Waals surface area contributed by atoms with Crippen molar-refractivity contribution in [2.24, 2.45) is 11.5 Å². The Balaban J connectivity index is 1.82. The van der Waals surface area contributed by atoms with Gasteiger partial charge >= 0.3 is 5.97 Å². The van der Waals surface area contributed by atoms with Gasteiger partial charge in [0, 0.05) is 36.4 Å². The first-order chi connectivity index (χ1) is 19.0. The number of amides is 4. The monoisotopic (exact) mass is 550 g/mol. The zero-order valence-corrected chi connectivity index (χ0v) is 22.1. The number of para-hydroxylation sites is 1. The van der Waals surface area contributed by atoms with Crippen LogP contribution >= 0.6 is 0 Å². The van der Waals surface area contributed by atoms with Gasteiger partial charge in [0.05, 0.1) is 6.04 Å². The lowest BCUT2D eigenvalue weighted by atomic mass is 10.0. The molecular formula is C28H34N6O6. The summed E-state index contributed by atoms with van der Waals surface area (Å²) in [6.45, 7) is 1.43. The highest BCUT2D eigenvalue weighted by molar-refractivity contribution is 5.94. The number of hydrogen-bond donors (Lipinski definition) is 7. The van der Waals surface area contributed by atoms with E-state index in [0.717, 1.165) is 10.9 Å². The number of nitrogens with two attached hydrogens (primary N) is 2. The summed E-state index contributed by atoms with van der Waals surface area (Å²) in [4.78, 5) is 65.4. The molecule has 4 atom stereocenters. The maximum absolute atomic E-state index is 13.4. The first kappa shape index (κ1) is 29.8. The van der Waals surface area contributed by atoms with Crippen molar-refractivity contribution in [3.05, 3.63) is 71.9 Å². The maximum Gasteiger partial charge on any atom is 0.326 e. The number of carboxylic acids is 1. The number of carbonyl (C=O) groups excluding carboxylic acids is 4. The van der Waals surface area contributed by atoms with Gasteiger partial charge in [-0.25, -0.2) is 4.79 Å². The van der Waals surface area contributed by atoms with Crippen molar-refractivity contribution in [2.45, 2.75) is 56.8 Å². The van der Waals surface area contributed by atoms with Crippen LogP contribution in [-0.2, 0) is 36.8 Å². The average Bonchev–Trinajstić information content (AvgIpc) is 3.33. The van der Waals surface area contributed by atoms with Gasteiger partial charge in [0.2, 0.25) is 23.6 Å². The zero-order valence-electron chi connectivity index (χ0n) is 22.1. The van der Waals surface area contributed by atoms with Crippen LogP contribution < -0.4 is 27.4 Å². The van der Waals surface area contributed by atoms with E-state index in [1.807, 2.05) is 24.3 Å². The Labute approximate surface area is 230 Å². The molecule has 0 aliphatic carbocycles. The second kappa shape index (κ2) is 13.9. The predicted octanol–water partition coefficient (Wildman–Crippen LogP) is 0.105. The molecule has 0 aliphatic heterocycles. The Morgan fingerprint density at radius 2 is 1.43 bits per heavy atom. The summed E-state index contributed by atoms with van der Waals surface area (Å²) in [5.74, 6) is -4.01. The summed E-state index contributed by atoms with van der Waals surface area (Å²) in [6.07, 6.45) is 1.43. The Kier molecular flexibility index (Phi) is 10.4. The number of carboxylic acid groups (broad SMARTS) is 1. The molecule has 1 heterocycles. The van der Waals surface area contributed by atoms with Crippen LogP contribution in [0.25, 0.3) is 10.9 Å². The van der Waals surface area contributed by atoms with Gasteiger partial charge in [-0.1, -0.05) is 48.5 Å². The molecule has 0 aliphatic rings. The van der Waals surface area contributed by atoms with E-state index in [2.05, 4.69) is 20.9 Å². The molecule has 0 saturated heterocycles. The van der Waals surface area contributed by atoms with Gasteiger partial charge in [0.1, 0.15) is 18.1 Å². The number of hydrogen-bond acceptors (Lipinski definition) is 6. The first-order valence-electron chi connectivity index (χ1n) is 12.8. The molecule has 1 aromatic heterocycles. The Hall–Kier alpha value is -4.71. The molecule has 0 bridgehead atoms. The first-order valence-corrected chi connectivity index (χ1v) is 12.8. The van der Waals surface area contributed by atoms with Gasteiger partial charge in [-0.2, -0.15) is 0 Å². The second-order valence-electron chi connectivity index (χ2n) is 9.57. The van der Waals surface area contributed by atoms with Crippen molar-refractivity contribution in [1.82, 2.24) is 20.9 Å². The number of nitrogens with one attached hydrogen (secondary N) is 4. The fourth-order valence-corrected chi connectivity index (χ4v) is 4.18. The maximum atomic E-state index is 13.4. The molecule has 12 nitrogen and oxygen atoms in total. The summed E-state index contributed by atoms with van der Waals surface area (Å²) in [5.41, 5.74) is 13.1. The molecule has 12 heteroatoms. The van der Waals surface area contributed by atoms with E-state index in [4.69, 9.17) is 11.5 Å². The molecule has 9 N–H and O–H groups in total. The second-order valence-corrected chi connectivity index (χ2v) is 9.57. The molecule has 40 heavy (non-hydrogen) atoms. The zero-order chi connectivity index (χ0) is 29.2. The fraction of sp³-hybridized carbons (Fsp3) is 0.321. The Morgan fingerprint density at radius 3 is 2.08 bits per heavy atom. The Morgan fingerprint density at radius 1 is 0.825 bits per heavy atom. The number of aromatic nitrogens is 1. The third-order valence-corrected chi connectivity index (χ3v) is 6.36. The Bertz CT molecular complexity index is 1360. The highest BCUT2D eigenvalue weighted by Crippen LogP contribution is 2.19. The number of carbonyl (C=O) groups is 5. The van der Waals surface area contributed by atoms with Gasteiger partial charge in [-0.15, -0.1) is 0 Å². The number of benzene rings is 2. The highest BCUT2D eigenvalue weighted by atomic mass is 16.4. The van der Waals surface area contributed by atoms with Crippen LogP contribution in [0.3, 0.4) is 0 Å². The lowest BCUT2D eigenvalue weighted by Crippen LogP contribution is -2.57. The smallest absolute Gasteiger partial charge is 0.326 e. The molecule has 0 saturated carbocycles. The number of primary amides is 1. The highest BCUT2D eigenvalue weighted by Gasteiger charge is 2.30. The van der Waals surface area contributed by atoms with Crippen molar-refractivity contribution in [1.29, 1.82) is 0 Å². The van der Waals surface area contributed by atoms with E-state index >= 15 is 0 Å². The number of H-pyrrole nitrogens is 1. The molecule has 3 rings (SSSR count). The summed E-state index contributed by atoms with van der Waals surface area (Å²) >= 11 is 0. The molecular weight excluding hydrogens is 516 g/mol. The third-order valence-electron chi connectivity index (χ3n) is 6.36. The lowest BCUT2D eigenvalue weighted by molar-refractivity contribution is -0.142. The van der Waals surface area contributed by atoms with Gasteiger partial charge < -0.3 is 37.5 Å². The van der Waals surface area contributed by atoms with Crippen molar-refractivity contribution in [3.8, 4) is 0 Å². The largest absolute Gasteiger partial charge is 0.480 e. The van der Waals surface area contributed by atoms with Crippen LogP contribution in [0, 0.1) is 0 Å². The van der Waals surface area contributed by atoms with Crippen LogP contribution in [0.15, 0.2) is 60.8 Å². The average molecular weight is 551 g/mol. The number of fused-ring (bicyclic) bond motifs is 1. The summed E-state index contributed by atoms with van der Waals surface area (Å²) in [6, 6.07) is 11.6. The van der Waals surface area contributed by atoms with Crippen LogP contribution in [0.2, 0.25) is 0 Å². The summed E-state index contributed by atoms with van der Waals surface area (Å²) in [5, 5.41) is 18.4. The SMILES string of the molecule is CC(N)C(=O)NC(CCC(N)=O)C(=O)NC(Cc1ccccc1)C(=O)NC(Cc1c[nH]c2ccccc12)C(=O)O. The van der Waals surface area contributed by atoms with Crippen LogP contribution in [0.1, 0.15) is 30.9 Å². The summed E-state index contributed by atoms with van der Waals surface area (Å²) < 4.78 is 0. The van der Waals surface area contributed by atoms with E-state index < -0.39 is 53.8 Å². The topological polar surface area (TPSA) is 209 Å². The van der Waals surface area contributed by atoms with E-state index in [1.165, 1.54) is 6.92 Å². The van der Waals surface area contributed by atoms with Crippen molar-refractivity contribution in [3.63, 3.8) is 0 Å². The number of aliphatic carboxylic acids is 1. The molecule has 3 aromatic rings. The van der Waals surface area contributed by atoms with Gasteiger partial charge in [-0.05, 0) is 30.5 Å². The minimum absolute atomic E-state index is 0.00275. The van der Waals surface area contributed by atoms with Crippen molar-refractivity contribution >= 4 is 40.5 Å². The molecule has 4 amide bonds. The van der Waals surface area contributed by atoms with Gasteiger partial charge in [-0.3, -0.25) is 19.2 Å². The standard InChI is InChI=1S/C28H34N6O6/c1-16(29)25(36)32-21(11-12-24(30)35)26(37)33-22(13-17-7-3-2-4-8-17)27(38)34-23(28(39)40)14-18-15-31-20-10-6-5-9-19(18)20/h2-10,15-16,21-23,31H,11-14,29H2,1H3,(H2,30,35)(H,32,36)(H,33,37)(H,34,38)(H,39,40). The van der Waals surface area contributed by atoms with Crippen molar-refractivity contribution < 1.29 is 29.1 Å². The van der Waals surface area contributed by atoms with E-state index in [-0.39, 0.29) is 25.7 Å². The molecule has 0 radical (unpaired) electrons. The molecule has 0 fully saturated rings. The predicted molar refractivity (Wildman–Crippen MR) is 148 cm³/mol. The van der Waals surface area contributed by atoms with E-state index in [0.29, 0.717) is 11.1 Å².